The SMILES string of the molecule is COc1cc(F)c(Br)cc1C(=O)c1c(F)ccc(C)c1F. The Hall–Kier alpha value is -1.82. The van der Waals surface area contributed by atoms with Gasteiger partial charge in [-0.1, -0.05) is 6.07 Å². The van der Waals surface area contributed by atoms with Gasteiger partial charge in [0.25, 0.3) is 0 Å². The standard InChI is InChI=1S/C15H10BrF3O2/c1-7-3-4-10(17)13(14(7)19)15(20)8-5-9(16)11(18)6-12(8)21-2/h3-6H,1-2H3. The van der Waals surface area contributed by atoms with Crippen molar-refractivity contribution in [2.45, 2.75) is 6.92 Å². The predicted octanol–water partition coefficient (Wildman–Crippen LogP) is 4.41. The summed E-state index contributed by atoms with van der Waals surface area (Å²) in [5.74, 6) is -3.58. The molecule has 110 valence electrons. The van der Waals surface area contributed by atoms with Gasteiger partial charge in [0.1, 0.15) is 23.2 Å². The summed E-state index contributed by atoms with van der Waals surface area (Å²) >= 11 is 2.93. The zero-order valence-corrected chi connectivity index (χ0v) is 12.7. The third kappa shape index (κ3) is 2.81. The Morgan fingerprint density at radius 1 is 1.14 bits per heavy atom. The van der Waals surface area contributed by atoms with Crippen LogP contribution in [-0.2, 0) is 0 Å². The van der Waals surface area contributed by atoms with Gasteiger partial charge in [0.2, 0.25) is 5.78 Å². The lowest BCUT2D eigenvalue weighted by Gasteiger charge is -2.11. The van der Waals surface area contributed by atoms with Crippen LogP contribution in [0.5, 0.6) is 5.75 Å². The van der Waals surface area contributed by atoms with Crippen molar-refractivity contribution in [3.8, 4) is 5.75 Å². The molecular formula is C15H10BrF3O2. The second-order valence-electron chi connectivity index (χ2n) is 4.35. The molecule has 0 aromatic heterocycles. The van der Waals surface area contributed by atoms with E-state index < -0.39 is 28.8 Å². The van der Waals surface area contributed by atoms with Gasteiger partial charge in [0.05, 0.1) is 22.7 Å². The Balaban J connectivity index is 2.66. The number of ether oxygens (including phenoxy) is 1. The highest BCUT2D eigenvalue weighted by Crippen LogP contribution is 2.30. The predicted molar refractivity (Wildman–Crippen MR) is 75.2 cm³/mol. The molecule has 0 saturated carbocycles. The van der Waals surface area contributed by atoms with Crippen LogP contribution in [0, 0.1) is 24.4 Å². The molecule has 0 unspecified atom stereocenters. The fourth-order valence-corrected chi connectivity index (χ4v) is 2.22. The summed E-state index contributed by atoms with van der Waals surface area (Å²) in [6.45, 7) is 1.42. The first-order valence-electron chi connectivity index (χ1n) is 5.89. The van der Waals surface area contributed by atoms with E-state index in [0.717, 1.165) is 18.2 Å². The quantitative estimate of drug-likeness (QED) is 0.759. The van der Waals surface area contributed by atoms with Gasteiger partial charge in [-0.3, -0.25) is 4.79 Å². The van der Waals surface area contributed by atoms with Crippen molar-refractivity contribution < 1.29 is 22.7 Å². The smallest absolute Gasteiger partial charge is 0.202 e. The summed E-state index contributed by atoms with van der Waals surface area (Å²) in [4.78, 5) is 12.4. The maximum Gasteiger partial charge on any atom is 0.202 e. The van der Waals surface area contributed by atoms with Crippen LogP contribution >= 0.6 is 15.9 Å². The van der Waals surface area contributed by atoms with Crippen molar-refractivity contribution in [3.05, 3.63) is 62.9 Å². The van der Waals surface area contributed by atoms with Gasteiger partial charge in [-0.25, -0.2) is 13.2 Å². The summed E-state index contributed by atoms with van der Waals surface area (Å²) in [7, 11) is 1.24. The molecular weight excluding hydrogens is 349 g/mol. The summed E-state index contributed by atoms with van der Waals surface area (Å²) in [6, 6.07) is 4.36. The number of aryl methyl sites for hydroxylation is 1. The van der Waals surface area contributed by atoms with E-state index in [1.54, 1.807) is 0 Å². The zero-order valence-electron chi connectivity index (χ0n) is 11.1. The lowest BCUT2D eigenvalue weighted by molar-refractivity contribution is 0.102. The van der Waals surface area contributed by atoms with E-state index in [9.17, 15) is 18.0 Å². The normalized spacial score (nSPS) is 10.6. The number of halogens is 4. The van der Waals surface area contributed by atoms with Gasteiger partial charge in [0, 0.05) is 6.07 Å². The van der Waals surface area contributed by atoms with Crippen LogP contribution in [0.1, 0.15) is 21.5 Å². The average molecular weight is 359 g/mol. The van der Waals surface area contributed by atoms with Crippen LogP contribution < -0.4 is 4.74 Å². The average Bonchev–Trinajstić information content (AvgIpc) is 2.45. The van der Waals surface area contributed by atoms with Gasteiger partial charge in [-0.2, -0.15) is 0 Å². The number of hydrogen-bond acceptors (Lipinski definition) is 2. The molecule has 0 heterocycles. The number of benzene rings is 2. The van der Waals surface area contributed by atoms with E-state index in [-0.39, 0.29) is 21.3 Å². The second kappa shape index (κ2) is 5.89. The third-order valence-electron chi connectivity index (χ3n) is 3.00. The number of rotatable bonds is 3. The molecule has 2 aromatic rings. The van der Waals surface area contributed by atoms with Crippen LogP contribution in [0.3, 0.4) is 0 Å². The Bertz CT molecular complexity index is 729. The Kier molecular flexibility index (Phi) is 4.37. The first-order valence-corrected chi connectivity index (χ1v) is 6.68. The number of methoxy groups -OCH3 is 1. The molecule has 0 aliphatic carbocycles. The number of ketones is 1. The van der Waals surface area contributed by atoms with Crippen LogP contribution in [0.15, 0.2) is 28.7 Å². The van der Waals surface area contributed by atoms with Crippen LogP contribution in [0.2, 0.25) is 0 Å². The van der Waals surface area contributed by atoms with Crippen LogP contribution in [0.4, 0.5) is 13.2 Å². The molecule has 21 heavy (non-hydrogen) atoms. The Labute approximate surface area is 127 Å². The Morgan fingerprint density at radius 3 is 2.43 bits per heavy atom. The van der Waals surface area contributed by atoms with Crippen molar-refractivity contribution in [2.75, 3.05) is 7.11 Å². The van der Waals surface area contributed by atoms with Crippen molar-refractivity contribution in [3.63, 3.8) is 0 Å². The summed E-state index contributed by atoms with van der Waals surface area (Å²) in [6.07, 6.45) is 0. The Morgan fingerprint density at radius 2 is 1.81 bits per heavy atom. The van der Waals surface area contributed by atoms with E-state index in [2.05, 4.69) is 15.9 Å². The third-order valence-corrected chi connectivity index (χ3v) is 3.61. The molecule has 0 aliphatic heterocycles. The van der Waals surface area contributed by atoms with Gasteiger partial charge in [-0.15, -0.1) is 0 Å². The fraction of sp³-hybridized carbons (Fsp3) is 0.133. The largest absolute Gasteiger partial charge is 0.496 e. The summed E-state index contributed by atoms with van der Waals surface area (Å²) in [5.41, 5.74) is -0.680. The first-order chi connectivity index (χ1) is 9.86. The second-order valence-corrected chi connectivity index (χ2v) is 5.20. The minimum Gasteiger partial charge on any atom is -0.496 e. The molecule has 6 heteroatoms. The molecule has 0 bridgehead atoms. The number of carbonyl (C=O) groups is 1. The molecule has 0 N–H and O–H groups in total. The van der Waals surface area contributed by atoms with Crippen LogP contribution in [-0.4, -0.2) is 12.9 Å². The summed E-state index contributed by atoms with van der Waals surface area (Å²) in [5, 5.41) is 0. The first kappa shape index (κ1) is 15.6. The highest BCUT2D eigenvalue weighted by molar-refractivity contribution is 9.10. The van der Waals surface area contributed by atoms with Crippen molar-refractivity contribution in [2.24, 2.45) is 0 Å². The van der Waals surface area contributed by atoms with E-state index >= 15 is 0 Å². The van der Waals surface area contributed by atoms with Gasteiger partial charge >= 0.3 is 0 Å². The molecule has 2 aromatic carbocycles. The number of hydrogen-bond donors (Lipinski definition) is 0. The zero-order chi connectivity index (χ0) is 15.7. The van der Waals surface area contributed by atoms with Crippen molar-refractivity contribution in [1.82, 2.24) is 0 Å². The number of carbonyl (C=O) groups excluding carboxylic acids is 1. The van der Waals surface area contributed by atoms with Gasteiger partial charge < -0.3 is 4.74 Å². The minimum absolute atomic E-state index is 0.000111. The van der Waals surface area contributed by atoms with Crippen molar-refractivity contribution in [1.29, 1.82) is 0 Å². The van der Waals surface area contributed by atoms with Gasteiger partial charge in [0.15, 0.2) is 0 Å². The maximum absolute atomic E-state index is 14.0. The molecule has 0 amide bonds. The topological polar surface area (TPSA) is 26.3 Å². The van der Waals surface area contributed by atoms with E-state index in [1.165, 1.54) is 20.1 Å². The van der Waals surface area contributed by atoms with E-state index in [4.69, 9.17) is 4.74 Å². The fourth-order valence-electron chi connectivity index (χ4n) is 1.87. The monoisotopic (exact) mass is 358 g/mol. The molecule has 0 fully saturated rings. The molecule has 2 nitrogen and oxygen atoms in total. The van der Waals surface area contributed by atoms with Crippen molar-refractivity contribution >= 4 is 21.7 Å². The van der Waals surface area contributed by atoms with E-state index in [1.807, 2.05) is 0 Å². The molecule has 2 rings (SSSR count). The minimum atomic E-state index is -0.981. The molecule has 0 spiro atoms. The molecule has 0 saturated heterocycles. The highest BCUT2D eigenvalue weighted by Gasteiger charge is 2.24. The molecule has 0 radical (unpaired) electrons. The molecule has 0 atom stereocenters. The lowest BCUT2D eigenvalue weighted by atomic mass is 9.99. The van der Waals surface area contributed by atoms with Crippen LogP contribution in [0.25, 0.3) is 0 Å². The summed E-state index contributed by atoms with van der Waals surface area (Å²) < 4.78 is 46.2. The highest BCUT2D eigenvalue weighted by atomic mass is 79.9. The maximum atomic E-state index is 14.0. The lowest BCUT2D eigenvalue weighted by Crippen LogP contribution is -2.10. The van der Waals surface area contributed by atoms with Gasteiger partial charge in [-0.05, 0) is 40.5 Å². The molecule has 0 aliphatic rings. The van der Waals surface area contributed by atoms with E-state index in [0.29, 0.717) is 0 Å².